The van der Waals surface area contributed by atoms with E-state index in [1.54, 1.807) is 4.68 Å². The van der Waals surface area contributed by atoms with Crippen molar-refractivity contribution in [1.82, 2.24) is 30.3 Å². The number of halogens is 1. The number of aromatic amines is 1. The minimum Gasteiger partial charge on any atom is -0.486 e. The Bertz CT molecular complexity index is 1040. The number of nitrogens with zero attached hydrogens (tertiary/aromatic N) is 4. The summed E-state index contributed by atoms with van der Waals surface area (Å²) in [7, 11) is 0. The number of nitrogens with one attached hydrogen (secondary N) is 2. The number of ether oxygens (including phenoxy) is 2. The summed E-state index contributed by atoms with van der Waals surface area (Å²) in [5.74, 6) is 2.45. The van der Waals surface area contributed by atoms with Crippen molar-refractivity contribution in [3.05, 3.63) is 39.9 Å². The molecule has 5 rings (SSSR count). The zero-order chi connectivity index (χ0) is 18.2. The Morgan fingerprint density at radius 2 is 1.93 bits per heavy atom. The lowest BCUT2D eigenvalue weighted by Gasteiger charge is -2.21. The predicted octanol–water partition coefficient (Wildman–Crippen LogP) is 1.22. The zero-order valence-corrected chi connectivity index (χ0v) is 16.0. The molecule has 0 atom stereocenters. The summed E-state index contributed by atoms with van der Waals surface area (Å²) in [5.41, 5.74) is 1.53. The Labute approximate surface area is 166 Å². The lowest BCUT2D eigenvalue weighted by molar-refractivity contribution is 0.171. The topological polar surface area (TPSA) is 107 Å². The van der Waals surface area contributed by atoms with Gasteiger partial charge in [0.25, 0.3) is 5.56 Å². The van der Waals surface area contributed by atoms with Crippen LogP contribution in [-0.4, -0.2) is 51.3 Å². The fourth-order valence-electron chi connectivity index (χ4n) is 3.64. The van der Waals surface area contributed by atoms with E-state index in [0.717, 1.165) is 48.8 Å². The van der Waals surface area contributed by atoms with Crippen LogP contribution in [0.5, 0.6) is 11.5 Å². The van der Waals surface area contributed by atoms with Crippen LogP contribution in [-0.2, 0) is 6.54 Å². The summed E-state index contributed by atoms with van der Waals surface area (Å²) in [6, 6.07) is 5.79. The van der Waals surface area contributed by atoms with Gasteiger partial charge in [-0.25, -0.2) is 9.67 Å². The number of rotatable bonds is 3. The number of hydrogen-bond donors (Lipinski definition) is 2. The summed E-state index contributed by atoms with van der Waals surface area (Å²) < 4.78 is 12.9. The van der Waals surface area contributed by atoms with Crippen molar-refractivity contribution in [2.24, 2.45) is 0 Å². The van der Waals surface area contributed by atoms with Crippen LogP contribution in [0.3, 0.4) is 0 Å². The minimum absolute atomic E-state index is 0. The van der Waals surface area contributed by atoms with E-state index < -0.39 is 0 Å². The monoisotopic (exact) mass is 404 g/mol. The Kier molecular flexibility index (Phi) is 5.19. The first kappa shape index (κ1) is 18.7. The summed E-state index contributed by atoms with van der Waals surface area (Å²) in [4.78, 5) is 20.0. The van der Waals surface area contributed by atoms with Gasteiger partial charge in [-0.1, -0.05) is 11.3 Å². The van der Waals surface area contributed by atoms with E-state index in [2.05, 4.69) is 20.6 Å². The van der Waals surface area contributed by atoms with E-state index in [-0.39, 0.29) is 29.4 Å². The second kappa shape index (κ2) is 7.76. The van der Waals surface area contributed by atoms with Crippen molar-refractivity contribution in [2.75, 3.05) is 26.3 Å². The third-order valence-corrected chi connectivity index (χ3v) is 5.06. The Morgan fingerprint density at radius 1 is 1.14 bits per heavy atom. The van der Waals surface area contributed by atoms with E-state index in [4.69, 9.17) is 14.5 Å². The van der Waals surface area contributed by atoms with Crippen LogP contribution in [0.4, 0.5) is 0 Å². The molecular weight excluding hydrogens is 384 g/mol. The molecule has 0 radical (unpaired) electrons. The smallest absolute Gasteiger partial charge is 0.281 e. The van der Waals surface area contributed by atoms with Gasteiger partial charge >= 0.3 is 0 Å². The van der Waals surface area contributed by atoms with Gasteiger partial charge in [0, 0.05) is 5.92 Å². The molecule has 9 nitrogen and oxygen atoms in total. The normalized spacial score (nSPS) is 16.7. The van der Waals surface area contributed by atoms with Crippen LogP contribution in [0.2, 0.25) is 0 Å². The average Bonchev–Trinajstić information content (AvgIpc) is 3.12. The summed E-state index contributed by atoms with van der Waals surface area (Å²) in [6.07, 6.45) is 1.91. The first-order chi connectivity index (χ1) is 13.3. The van der Waals surface area contributed by atoms with Crippen molar-refractivity contribution >= 4 is 23.6 Å². The molecule has 1 fully saturated rings. The van der Waals surface area contributed by atoms with Crippen LogP contribution in [0.25, 0.3) is 11.2 Å². The molecule has 3 aromatic rings. The number of piperidine rings is 1. The van der Waals surface area contributed by atoms with Crippen LogP contribution in [0.15, 0.2) is 23.0 Å². The molecule has 1 aromatic carbocycles. The van der Waals surface area contributed by atoms with Gasteiger partial charge in [0.15, 0.2) is 22.7 Å². The first-order valence-electron chi connectivity index (χ1n) is 9.20. The zero-order valence-electron chi connectivity index (χ0n) is 15.2. The van der Waals surface area contributed by atoms with Crippen molar-refractivity contribution in [2.45, 2.75) is 25.3 Å². The summed E-state index contributed by atoms with van der Waals surface area (Å²) in [6.45, 7) is 3.42. The minimum atomic E-state index is -0.234. The highest BCUT2D eigenvalue weighted by Crippen LogP contribution is 2.31. The lowest BCUT2D eigenvalue weighted by atomic mass is 9.97. The molecule has 2 aliphatic rings. The van der Waals surface area contributed by atoms with E-state index in [1.165, 1.54) is 0 Å². The molecule has 10 heteroatoms. The number of H-pyrrole nitrogens is 1. The van der Waals surface area contributed by atoms with Gasteiger partial charge in [0.05, 0.1) is 6.54 Å². The number of hydrogen-bond acceptors (Lipinski definition) is 7. The predicted molar refractivity (Wildman–Crippen MR) is 105 cm³/mol. The second-order valence-corrected chi connectivity index (χ2v) is 6.87. The van der Waals surface area contributed by atoms with Crippen molar-refractivity contribution < 1.29 is 9.47 Å². The van der Waals surface area contributed by atoms with Crippen molar-refractivity contribution in [3.63, 3.8) is 0 Å². The molecule has 2 aromatic heterocycles. The fourth-order valence-corrected chi connectivity index (χ4v) is 3.64. The second-order valence-electron chi connectivity index (χ2n) is 6.87. The first-order valence-corrected chi connectivity index (χ1v) is 9.20. The number of benzene rings is 1. The number of aromatic nitrogens is 5. The van der Waals surface area contributed by atoms with Gasteiger partial charge in [0.2, 0.25) is 0 Å². The molecule has 0 aliphatic carbocycles. The molecule has 0 unspecified atom stereocenters. The fraction of sp³-hybridized carbons (Fsp3) is 0.444. The molecule has 28 heavy (non-hydrogen) atoms. The largest absolute Gasteiger partial charge is 0.486 e. The molecule has 4 heterocycles. The Morgan fingerprint density at radius 3 is 2.75 bits per heavy atom. The molecule has 2 N–H and O–H groups in total. The van der Waals surface area contributed by atoms with Crippen LogP contribution >= 0.6 is 12.4 Å². The van der Waals surface area contributed by atoms with Crippen LogP contribution in [0, 0.1) is 0 Å². The quantitative estimate of drug-likeness (QED) is 0.675. The maximum atomic E-state index is 12.4. The summed E-state index contributed by atoms with van der Waals surface area (Å²) in [5, 5.41) is 11.5. The summed E-state index contributed by atoms with van der Waals surface area (Å²) >= 11 is 0. The number of fused-ring (bicyclic) bond motifs is 2. The molecule has 0 spiro atoms. The molecule has 0 amide bonds. The standard InChI is InChI=1S/C18H20N6O3.ClH/c25-18-15-17(20-16(21-18)12-3-5-19-6-4-12)24(23-22-15)10-11-1-2-13-14(9-11)27-8-7-26-13;/h1-2,9,12,19H,3-8,10H2,(H,20,21,25);1H. The molecule has 1 saturated heterocycles. The molecular formula is C18H21ClN6O3. The van der Waals surface area contributed by atoms with Crippen LogP contribution in [0.1, 0.15) is 30.1 Å². The third kappa shape index (κ3) is 3.43. The molecule has 0 saturated carbocycles. The SMILES string of the molecule is Cl.O=c1[nH]c(C2CCNCC2)nc2c1nnn2Cc1ccc2c(c1)OCCO2. The molecule has 0 bridgehead atoms. The van der Waals surface area contributed by atoms with Gasteiger partial charge in [-0.2, -0.15) is 0 Å². The average molecular weight is 405 g/mol. The maximum Gasteiger partial charge on any atom is 0.281 e. The van der Waals surface area contributed by atoms with Gasteiger partial charge in [-0.05, 0) is 43.6 Å². The molecule has 2 aliphatic heterocycles. The lowest BCUT2D eigenvalue weighted by Crippen LogP contribution is -2.28. The van der Waals surface area contributed by atoms with E-state index in [0.29, 0.717) is 25.4 Å². The van der Waals surface area contributed by atoms with E-state index >= 15 is 0 Å². The van der Waals surface area contributed by atoms with Crippen molar-refractivity contribution in [1.29, 1.82) is 0 Å². The molecule has 148 valence electrons. The maximum absolute atomic E-state index is 12.4. The van der Waals surface area contributed by atoms with Gasteiger partial charge in [-0.15, -0.1) is 17.5 Å². The Hall–Kier alpha value is -2.65. The highest BCUT2D eigenvalue weighted by molar-refractivity contribution is 5.85. The highest BCUT2D eigenvalue weighted by Gasteiger charge is 2.21. The van der Waals surface area contributed by atoms with Gasteiger partial charge in [-0.3, -0.25) is 4.79 Å². The van der Waals surface area contributed by atoms with E-state index in [9.17, 15) is 4.79 Å². The van der Waals surface area contributed by atoms with Gasteiger partial charge in [0.1, 0.15) is 19.0 Å². The van der Waals surface area contributed by atoms with Gasteiger partial charge < -0.3 is 19.8 Å². The van der Waals surface area contributed by atoms with Crippen molar-refractivity contribution in [3.8, 4) is 11.5 Å². The Balaban J connectivity index is 0.00000192. The highest BCUT2D eigenvalue weighted by atomic mass is 35.5. The van der Waals surface area contributed by atoms with E-state index in [1.807, 2.05) is 18.2 Å². The third-order valence-electron chi connectivity index (χ3n) is 5.06. The van der Waals surface area contributed by atoms with Crippen LogP contribution < -0.4 is 20.3 Å².